The summed E-state index contributed by atoms with van der Waals surface area (Å²) in [7, 11) is 4.21. The van der Waals surface area contributed by atoms with Crippen LogP contribution in [0.15, 0.2) is 0 Å². The Morgan fingerprint density at radius 2 is 2.18 bits per heavy atom. The molecule has 0 radical (unpaired) electrons. The molecule has 0 saturated carbocycles. The first-order valence-corrected chi connectivity index (χ1v) is 6.74. The van der Waals surface area contributed by atoms with Crippen molar-refractivity contribution in [3.05, 3.63) is 0 Å². The van der Waals surface area contributed by atoms with Gasteiger partial charge < -0.3 is 15.1 Å². The zero-order chi connectivity index (χ0) is 12.5. The van der Waals surface area contributed by atoms with E-state index in [9.17, 15) is 4.79 Å². The number of hydrogen-bond acceptors (Lipinski definition) is 3. The van der Waals surface area contributed by atoms with Gasteiger partial charge >= 0.3 is 0 Å². The number of nitrogens with one attached hydrogen (secondary N) is 1. The number of piperidine rings is 1. The standard InChI is InChI=1S/C13H25N3O/c1-13(7-5-8-14-13)12(17)16-9-4-6-11(10-16)15(2)3/h11,14H,4-10H2,1-3H3. The molecule has 0 spiro atoms. The number of likely N-dealkylation sites (N-methyl/N-ethyl adjacent to an activating group) is 1. The molecule has 2 unspecified atom stereocenters. The highest BCUT2D eigenvalue weighted by Gasteiger charge is 2.40. The maximum atomic E-state index is 12.5. The Hall–Kier alpha value is -0.610. The molecule has 98 valence electrons. The van der Waals surface area contributed by atoms with Crippen LogP contribution in [0.2, 0.25) is 0 Å². The highest BCUT2D eigenvalue weighted by molar-refractivity contribution is 5.86. The number of likely N-dealkylation sites (tertiary alicyclic amines) is 1. The highest BCUT2D eigenvalue weighted by Crippen LogP contribution is 2.24. The van der Waals surface area contributed by atoms with Crippen LogP contribution in [0.5, 0.6) is 0 Å². The van der Waals surface area contributed by atoms with Gasteiger partial charge in [-0.05, 0) is 53.2 Å². The van der Waals surface area contributed by atoms with Gasteiger partial charge in [0.05, 0.1) is 5.54 Å². The summed E-state index contributed by atoms with van der Waals surface area (Å²) in [4.78, 5) is 16.8. The van der Waals surface area contributed by atoms with Gasteiger partial charge in [-0.25, -0.2) is 0 Å². The maximum Gasteiger partial charge on any atom is 0.242 e. The minimum atomic E-state index is -0.297. The fourth-order valence-corrected chi connectivity index (χ4v) is 2.99. The second-order valence-electron chi connectivity index (χ2n) is 5.87. The maximum absolute atomic E-state index is 12.5. The lowest BCUT2D eigenvalue weighted by Gasteiger charge is -2.39. The second-order valence-corrected chi connectivity index (χ2v) is 5.87. The van der Waals surface area contributed by atoms with Crippen LogP contribution in [0, 0.1) is 0 Å². The SMILES string of the molecule is CN(C)C1CCCN(C(=O)C2(C)CCCN2)C1. The number of carbonyl (C=O) groups excluding carboxylic acids is 1. The zero-order valence-corrected chi connectivity index (χ0v) is 11.3. The van der Waals surface area contributed by atoms with E-state index in [0.717, 1.165) is 38.9 Å². The summed E-state index contributed by atoms with van der Waals surface area (Å²) in [5, 5.41) is 3.37. The van der Waals surface area contributed by atoms with E-state index in [-0.39, 0.29) is 5.54 Å². The van der Waals surface area contributed by atoms with Gasteiger partial charge in [-0.2, -0.15) is 0 Å². The van der Waals surface area contributed by atoms with Crippen molar-refractivity contribution in [1.29, 1.82) is 0 Å². The molecule has 17 heavy (non-hydrogen) atoms. The largest absolute Gasteiger partial charge is 0.340 e. The molecule has 2 heterocycles. The summed E-state index contributed by atoms with van der Waals surface area (Å²) in [5.41, 5.74) is -0.297. The fraction of sp³-hybridized carbons (Fsp3) is 0.923. The van der Waals surface area contributed by atoms with Gasteiger partial charge in [-0.15, -0.1) is 0 Å². The number of nitrogens with zero attached hydrogens (tertiary/aromatic N) is 2. The quantitative estimate of drug-likeness (QED) is 0.770. The number of hydrogen-bond donors (Lipinski definition) is 1. The molecule has 0 aliphatic carbocycles. The van der Waals surface area contributed by atoms with Crippen LogP contribution < -0.4 is 5.32 Å². The van der Waals surface area contributed by atoms with Crippen molar-refractivity contribution in [3.63, 3.8) is 0 Å². The monoisotopic (exact) mass is 239 g/mol. The molecule has 2 saturated heterocycles. The van der Waals surface area contributed by atoms with E-state index in [1.807, 2.05) is 0 Å². The minimum Gasteiger partial charge on any atom is -0.340 e. The first-order valence-electron chi connectivity index (χ1n) is 6.74. The van der Waals surface area contributed by atoms with Crippen molar-refractivity contribution in [2.75, 3.05) is 33.7 Å². The average Bonchev–Trinajstić information content (AvgIpc) is 2.76. The van der Waals surface area contributed by atoms with Crippen LogP contribution in [0.25, 0.3) is 0 Å². The molecule has 0 aromatic rings. The van der Waals surface area contributed by atoms with Gasteiger partial charge in [0, 0.05) is 19.1 Å². The van der Waals surface area contributed by atoms with Gasteiger partial charge in [-0.1, -0.05) is 0 Å². The molecule has 4 heteroatoms. The average molecular weight is 239 g/mol. The van der Waals surface area contributed by atoms with Gasteiger partial charge in [0.1, 0.15) is 0 Å². The molecule has 4 nitrogen and oxygen atoms in total. The Balaban J connectivity index is 1.99. The lowest BCUT2D eigenvalue weighted by atomic mass is 9.96. The van der Waals surface area contributed by atoms with Gasteiger partial charge in [0.15, 0.2) is 0 Å². The van der Waals surface area contributed by atoms with Gasteiger partial charge in [-0.3, -0.25) is 4.79 Å². The van der Waals surface area contributed by atoms with E-state index in [1.54, 1.807) is 0 Å². The van der Waals surface area contributed by atoms with Crippen LogP contribution in [-0.4, -0.2) is 61.0 Å². The summed E-state index contributed by atoms with van der Waals surface area (Å²) in [6.07, 6.45) is 4.44. The third-order valence-corrected chi connectivity index (χ3v) is 4.25. The molecule has 0 aromatic carbocycles. The minimum absolute atomic E-state index is 0.297. The van der Waals surface area contributed by atoms with Gasteiger partial charge in [0.25, 0.3) is 0 Å². The van der Waals surface area contributed by atoms with E-state index in [0.29, 0.717) is 11.9 Å². The van der Waals surface area contributed by atoms with Crippen molar-refractivity contribution in [1.82, 2.24) is 15.1 Å². The van der Waals surface area contributed by atoms with Gasteiger partial charge in [0.2, 0.25) is 5.91 Å². The molecule has 0 bridgehead atoms. The molecular weight excluding hydrogens is 214 g/mol. The molecular formula is C13H25N3O. The van der Waals surface area contributed by atoms with Crippen molar-refractivity contribution in [2.24, 2.45) is 0 Å². The first kappa shape index (κ1) is 12.8. The first-order chi connectivity index (χ1) is 8.03. The van der Waals surface area contributed by atoms with Crippen LogP contribution in [-0.2, 0) is 4.79 Å². The number of carbonyl (C=O) groups is 1. The topological polar surface area (TPSA) is 35.6 Å². The molecule has 1 N–H and O–H groups in total. The zero-order valence-electron chi connectivity index (χ0n) is 11.3. The lowest BCUT2D eigenvalue weighted by molar-refractivity contribution is -0.139. The van der Waals surface area contributed by atoms with Crippen molar-refractivity contribution in [2.45, 2.75) is 44.2 Å². The fourth-order valence-electron chi connectivity index (χ4n) is 2.99. The lowest BCUT2D eigenvalue weighted by Crippen LogP contribution is -2.57. The summed E-state index contributed by atoms with van der Waals surface area (Å²) < 4.78 is 0. The van der Waals surface area contributed by atoms with E-state index < -0.39 is 0 Å². The van der Waals surface area contributed by atoms with E-state index in [4.69, 9.17) is 0 Å². The Morgan fingerprint density at radius 3 is 2.76 bits per heavy atom. The Kier molecular flexibility index (Phi) is 3.73. The second kappa shape index (κ2) is 4.94. The molecule has 0 aromatic heterocycles. The summed E-state index contributed by atoms with van der Waals surface area (Å²) >= 11 is 0. The third kappa shape index (κ3) is 2.63. The summed E-state index contributed by atoms with van der Waals surface area (Å²) in [6, 6.07) is 0.526. The van der Waals surface area contributed by atoms with E-state index >= 15 is 0 Å². The molecule has 2 aliphatic rings. The molecule has 2 atom stereocenters. The summed E-state index contributed by atoms with van der Waals surface area (Å²) in [5.74, 6) is 0.307. The van der Waals surface area contributed by atoms with E-state index in [2.05, 4.69) is 36.1 Å². The van der Waals surface area contributed by atoms with Crippen molar-refractivity contribution < 1.29 is 4.79 Å². The molecule has 2 fully saturated rings. The van der Waals surface area contributed by atoms with Crippen molar-refractivity contribution >= 4 is 5.91 Å². The predicted octanol–water partition coefficient (Wildman–Crippen LogP) is 0.681. The van der Waals surface area contributed by atoms with Crippen LogP contribution in [0.4, 0.5) is 0 Å². The molecule has 2 rings (SSSR count). The third-order valence-electron chi connectivity index (χ3n) is 4.25. The molecule has 2 aliphatic heterocycles. The van der Waals surface area contributed by atoms with Crippen molar-refractivity contribution in [3.8, 4) is 0 Å². The predicted molar refractivity (Wildman–Crippen MR) is 68.9 cm³/mol. The van der Waals surface area contributed by atoms with Crippen LogP contribution in [0.3, 0.4) is 0 Å². The Bertz CT molecular complexity index is 284. The van der Waals surface area contributed by atoms with Crippen LogP contribution in [0.1, 0.15) is 32.6 Å². The number of amides is 1. The molecule has 1 amide bonds. The van der Waals surface area contributed by atoms with Crippen LogP contribution >= 0.6 is 0 Å². The number of rotatable bonds is 2. The summed E-state index contributed by atoms with van der Waals surface area (Å²) in [6.45, 7) is 4.86. The highest BCUT2D eigenvalue weighted by atomic mass is 16.2. The Morgan fingerprint density at radius 1 is 1.41 bits per heavy atom. The normalized spacial score (nSPS) is 34.4. The Labute approximate surface area is 104 Å². The van der Waals surface area contributed by atoms with E-state index in [1.165, 1.54) is 6.42 Å². The smallest absolute Gasteiger partial charge is 0.242 e.